The van der Waals surface area contributed by atoms with E-state index in [2.05, 4.69) is 0 Å². The van der Waals surface area contributed by atoms with Crippen LogP contribution in [-0.4, -0.2) is 11.0 Å². The summed E-state index contributed by atoms with van der Waals surface area (Å²) in [5.41, 5.74) is -0.0712. The van der Waals surface area contributed by atoms with E-state index < -0.39 is 4.92 Å². The lowest BCUT2D eigenvalue weighted by molar-refractivity contribution is -0.385. The molecular weight excluding hydrogens is 182 g/mol. The van der Waals surface area contributed by atoms with Crippen molar-refractivity contribution in [1.29, 1.82) is 0 Å². The Bertz CT molecular complexity index is 290. The summed E-state index contributed by atoms with van der Waals surface area (Å²) in [6.45, 7) is 0. The predicted molar refractivity (Wildman–Crippen MR) is 44.4 cm³/mol. The largest absolute Gasteiger partial charge is 0.471 e. The summed E-state index contributed by atoms with van der Waals surface area (Å²) in [5.74, 6) is 0.192. The summed E-state index contributed by atoms with van der Waals surface area (Å²) in [4.78, 5) is 9.87. The molecule has 0 aromatic heterocycles. The first kappa shape index (κ1) is 8.80. The zero-order chi connectivity index (χ0) is 8.97. The third-order valence-corrected chi connectivity index (χ3v) is 1.38. The van der Waals surface area contributed by atoms with Crippen molar-refractivity contribution in [3.05, 3.63) is 34.4 Å². The van der Waals surface area contributed by atoms with Gasteiger partial charge in [0.2, 0.25) is 0 Å². The van der Waals surface area contributed by atoms with E-state index >= 15 is 0 Å². The van der Waals surface area contributed by atoms with Gasteiger partial charge in [-0.1, -0.05) is 23.7 Å². The van der Waals surface area contributed by atoms with Crippen molar-refractivity contribution in [2.45, 2.75) is 0 Å². The fourth-order valence-corrected chi connectivity index (χ4v) is 0.906. The Morgan fingerprint density at radius 2 is 2.17 bits per heavy atom. The number of ether oxygens (including phenoxy) is 1. The fraction of sp³-hybridized carbons (Fsp3) is 0.143. The van der Waals surface area contributed by atoms with Gasteiger partial charge in [0.25, 0.3) is 0 Å². The highest BCUT2D eigenvalue weighted by atomic mass is 35.5. The number of benzene rings is 1. The summed E-state index contributed by atoms with van der Waals surface area (Å²) >= 11 is 5.27. The molecule has 5 heteroatoms. The number of halogens is 1. The van der Waals surface area contributed by atoms with Crippen molar-refractivity contribution in [3.63, 3.8) is 0 Å². The Kier molecular flexibility index (Phi) is 2.88. The topological polar surface area (TPSA) is 52.4 Å². The highest BCUT2D eigenvalue weighted by Gasteiger charge is 2.12. The fourth-order valence-electron chi connectivity index (χ4n) is 0.789. The summed E-state index contributed by atoms with van der Waals surface area (Å²) in [7, 11) is 0. The molecule has 0 atom stereocenters. The SMILES string of the molecule is O=[N+]([O-])c1ccccc1OCCl. The van der Waals surface area contributed by atoms with Gasteiger partial charge in [-0.3, -0.25) is 10.1 Å². The van der Waals surface area contributed by atoms with Crippen molar-refractivity contribution in [2.75, 3.05) is 6.07 Å². The molecule has 0 unspecified atom stereocenters. The van der Waals surface area contributed by atoms with Crippen molar-refractivity contribution in [1.82, 2.24) is 0 Å². The Morgan fingerprint density at radius 1 is 1.50 bits per heavy atom. The molecule has 1 aromatic carbocycles. The molecule has 0 amide bonds. The molecule has 4 nitrogen and oxygen atoms in total. The number of nitro benzene ring substituents is 1. The molecule has 1 aromatic rings. The van der Waals surface area contributed by atoms with Gasteiger partial charge < -0.3 is 4.74 Å². The van der Waals surface area contributed by atoms with Crippen LogP contribution in [0, 0.1) is 10.1 Å². The van der Waals surface area contributed by atoms with Crippen molar-refractivity contribution >= 4 is 17.3 Å². The number of para-hydroxylation sites is 2. The maximum Gasteiger partial charge on any atom is 0.310 e. The number of alkyl halides is 1. The quantitative estimate of drug-likeness (QED) is 0.414. The van der Waals surface area contributed by atoms with Gasteiger partial charge in [-0.15, -0.1) is 0 Å². The molecule has 1 rings (SSSR count). The van der Waals surface area contributed by atoms with Gasteiger partial charge in [0.05, 0.1) is 4.92 Å². The Balaban J connectivity index is 3.00. The molecule has 0 saturated heterocycles. The lowest BCUT2D eigenvalue weighted by atomic mass is 10.3. The summed E-state index contributed by atoms with van der Waals surface area (Å²) in [6.07, 6.45) is 0. The molecule has 0 heterocycles. The zero-order valence-electron chi connectivity index (χ0n) is 6.07. The molecule has 0 N–H and O–H groups in total. The average Bonchev–Trinajstić information content (AvgIpc) is 2.05. The summed E-state index contributed by atoms with van der Waals surface area (Å²) < 4.78 is 4.82. The van der Waals surface area contributed by atoms with Crippen LogP contribution < -0.4 is 4.74 Å². The lowest BCUT2D eigenvalue weighted by Crippen LogP contribution is -1.95. The number of hydrogen-bond acceptors (Lipinski definition) is 3. The number of nitrogens with zero attached hydrogens (tertiary/aromatic N) is 1. The van der Waals surface area contributed by atoms with Gasteiger partial charge in [-0.2, -0.15) is 0 Å². The van der Waals surface area contributed by atoms with Gasteiger partial charge in [-0.05, 0) is 6.07 Å². The van der Waals surface area contributed by atoms with Crippen LogP contribution in [0.1, 0.15) is 0 Å². The minimum atomic E-state index is -0.512. The summed E-state index contributed by atoms with van der Waals surface area (Å²) in [6, 6.07) is 5.99. The molecule has 0 spiro atoms. The van der Waals surface area contributed by atoms with Crippen LogP contribution >= 0.6 is 11.6 Å². The number of nitro groups is 1. The minimum Gasteiger partial charge on any atom is -0.471 e. The van der Waals surface area contributed by atoms with Gasteiger partial charge in [0.1, 0.15) is 0 Å². The Morgan fingerprint density at radius 3 is 2.75 bits per heavy atom. The molecule has 0 aliphatic carbocycles. The third-order valence-electron chi connectivity index (χ3n) is 1.27. The molecule has 0 aliphatic heterocycles. The highest BCUT2D eigenvalue weighted by molar-refractivity contribution is 6.17. The Labute approximate surface area is 73.9 Å². The standard InChI is InChI=1S/C7H6ClNO3/c8-5-12-7-4-2-1-3-6(7)9(10)11/h1-4H,5H2. The zero-order valence-corrected chi connectivity index (χ0v) is 6.82. The van der Waals surface area contributed by atoms with E-state index in [4.69, 9.17) is 16.3 Å². The molecule has 64 valence electrons. The maximum absolute atomic E-state index is 10.4. The monoisotopic (exact) mass is 187 g/mol. The number of hydrogen-bond donors (Lipinski definition) is 0. The van der Waals surface area contributed by atoms with Crippen LogP contribution in [-0.2, 0) is 0 Å². The third kappa shape index (κ3) is 1.85. The van der Waals surface area contributed by atoms with Crippen LogP contribution in [0.2, 0.25) is 0 Å². The minimum absolute atomic E-state index is 0.0712. The van der Waals surface area contributed by atoms with Crippen molar-refractivity contribution in [2.24, 2.45) is 0 Å². The first-order chi connectivity index (χ1) is 5.75. The molecule has 0 fully saturated rings. The molecule has 0 aliphatic rings. The lowest BCUT2D eigenvalue weighted by Gasteiger charge is -2.00. The van der Waals surface area contributed by atoms with Crippen LogP contribution in [0.3, 0.4) is 0 Å². The van der Waals surface area contributed by atoms with E-state index in [1.165, 1.54) is 12.1 Å². The van der Waals surface area contributed by atoms with Crippen LogP contribution in [0.4, 0.5) is 5.69 Å². The van der Waals surface area contributed by atoms with Gasteiger partial charge in [-0.25, -0.2) is 0 Å². The van der Waals surface area contributed by atoms with E-state index in [9.17, 15) is 10.1 Å². The highest BCUT2D eigenvalue weighted by Crippen LogP contribution is 2.25. The van der Waals surface area contributed by atoms with Crippen molar-refractivity contribution < 1.29 is 9.66 Å². The molecule has 0 radical (unpaired) electrons. The second kappa shape index (κ2) is 3.92. The van der Waals surface area contributed by atoms with E-state index in [1.807, 2.05) is 0 Å². The Hall–Kier alpha value is -1.29. The second-order valence-electron chi connectivity index (χ2n) is 1.98. The smallest absolute Gasteiger partial charge is 0.310 e. The first-order valence-electron chi connectivity index (χ1n) is 3.18. The van der Waals surface area contributed by atoms with Gasteiger partial charge >= 0.3 is 5.69 Å². The summed E-state index contributed by atoms with van der Waals surface area (Å²) in [5, 5.41) is 10.4. The van der Waals surface area contributed by atoms with Gasteiger partial charge in [0, 0.05) is 6.07 Å². The van der Waals surface area contributed by atoms with E-state index in [1.54, 1.807) is 12.1 Å². The van der Waals surface area contributed by atoms with Crippen LogP contribution in [0.5, 0.6) is 5.75 Å². The predicted octanol–water partition coefficient (Wildman–Crippen LogP) is 2.17. The first-order valence-corrected chi connectivity index (χ1v) is 3.71. The number of rotatable bonds is 3. The maximum atomic E-state index is 10.4. The molecule has 0 bridgehead atoms. The second-order valence-corrected chi connectivity index (χ2v) is 2.20. The molecular formula is C7H6ClNO3. The van der Waals surface area contributed by atoms with Crippen molar-refractivity contribution in [3.8, 4) is 5.75 Å². The average molecular weight is 188 g/mol. The van der Waals surface area contributed by atoms with E-state index in [0.29, 0.717) is 0 Å². The van der Waals surface area contributed by atoms with Gasteiger partial charge in [0.15, 0.2) is 11.8 Å². The van der Waals surface area contributed by atoms with Crippen LogP contribution in [0.15, 0.2) is 24.3 Å². The van der Waals surface area contributed by atoms with Crippen LogP contribution in [0.25, 0.3) is 0 Å². The van der Waals surface area contributed by atoms with E-state index in [0.717, 1.165) is 0 Å². The van der Waals surface area contributed by atoms with E-state index in [-0.39, 0.29) is 17.5 Å². The normalized spacial score (nSPS) is 9.42. The molecule has 12 heavy (non-hydrogen) atoms. The molecule has 0 saturated carbocycles.